The van der Waals surface area contributed by atoms with E-state index >= 15 is 0 Å². The number of halogens is 5. The molecule has 0 atom stereocenters. The van der Waals surface area contributed by atoms with E-state index in [-0.39, 0.29) is 5.92 Å². The van der Waals surface area contributed by atoms with Gasteiger partial charge >= 0.3 is 5.38 Å². The molecule has 0 bridgehead atoms. The van der Waals surface area contributed by atoms with Crippen LogP contribution in [0.5, 0.6) is 0 Å². The maximum atomic E-state index is 14.2. The molecule has 0 radical (unpaired) electrons. The molecular formula is C29H41ClF4O. The van der Waals surface area contributed by atoms with Crippen LogP contribution in [0, 0.1) is 35.3 Å². The van der Waals surface area contributed by atoms with Gasteiger partial charge in [0.05, 0.1) is 6.10 Å². The third-order valence-corrected chi connectivity index (χ3v) is 9.52. The van der Waals surface area contributed by atoms with Crippen LogP contribution < -0.4 is 0 Å². The Kier molecular flexibility index (Phi) is 9.46. The van der Waals surface area contributed by atoms with Crippen LogP contribution in [0.1, 0.15) is 114 Å². The summed E-state index contributed by atoms with van der Waals surface area (Å²) in [5.74, 6) is 0.741. The van der Waals surface area contributed by atoms with Gasteiger partial charge in [0, 0.05) is 6.61 Å². The van der Waals surface area contributed by atoms with E-state index in [1.165, 1.54) is 64.2 Å². The fourth-order valence-corrected chi connectivity index (χ4v) is 7.45. The van der Waals surface area contributed by atoms with Gasteiger partial charge in [0.1, 0.15) is 17.2 Å². The fraction of sp³-hybridized carbons (Fsp3) is 0.793. The molecule has 198 valence electrons. The summed E-state index contributed by atoms with van der Waals surface area (Å²) in [7, 11) is 0. The Hall–Kier alpha value is -0.810. The van der Waals surface area contributed by atoms with Crippen LogP contribution in [0.25, 0.3) is 0 Å². The van der Waals surface area contributed by atoms with Gasteiger partial charge in [-0.2, -0.15) is 8.78 Å². The third-order valence-electron chi connectivity index (χ3n) is 9.33. The predicted molar refractivity (Wildman–Crippen MR) is 133 cm³/mol. The lowest BCUT2D eigenvalue weighted by Crippen LogP contribution is -2.26. The average molecular weight is 517 g/mol. The normalized spacial score (nSPS) is 32.5. The van der Waals surface area contributed by atoms with Gasteiger partial charge in [0.15, 0.2) is 0 Å². The summed E-state index contributed by atoms with van der Waals surface area (Å²) in [4.78, 5) is 0. The van der Waals surface area contributed by atoms with Crippen LogP contribution in [0.2, 0.25) is 0 Å². The lowest BCUT2D eigenvalue weighted by atomic mass is 9.67. The summed E-state index contributed by atoms with van der Waals surface area (Å²) in [6, 6.07) is 2.13. The Balaban J connectivity index is 1.18. The molecule has 0 amide bonds. The highest BCUT2D eigenvalue weighted by Crippen LogP contribution is 2.46. The van der Waals surface area contributed by atoms with Gasteiger partial charge in [-0.25, -0.2) is 8.78 Å². The zero-order valence-corrected chi connectivity index (χ0v) is 21.8. The molecule has 6 heteroatoms. The van der Waals surface area contributed by atoms with Crippen molar-refractivity contribution >= 4 is 11.6 Å². The van der Waals surface area contributed by atoms with E-state index in [9.17, 15) is 17.6 Å². The lowest BCUT2D eigenvalue weighted by Gasteiger charge is -2.38. The largest absolute Gasteiger partial charge is 0.379 e. The first-order valence-electron chi connectivity index (χ1n) is 13.9. The van der Waals surface area contributed by atoms with Crippen molar-refractivity contribution in [3.05, 3.63) is 34.9 Å². The Labute approximate surface area is 213 Å². The van der Waals surface area contributed by atoms with Crippen LogP contribution in [-0.4, -0.2) is 12.7 Å². The van der Waals surface area contributed by atoms with E-state index in [0.29, 0.717) is 17.6 Å². The van der Waals surface area contributed by atoms with Crippen molar-refractivity contribution in [2.75, 3.05) is 6.61 Å². The lowest BCUT2D eigenvalue weighted by molar-refractivity contribution is 0.0237. The number of benzene rings is 1. The fourth-order valence-electron chi connectivity index (χ4n) is 7.27. The third kappa shape index (κ3) is 7.15. The van der Waals surface area contributed by atoms with Gasteiger partial charge in [-0.3, -0.25) is 0 Å². The Morgan fingerprint density at radius 1 is 0.771 bits per heavy atom. The second kappa shape index (κ2) is 12.2. The highest BCUT2D eigenvalue weighted by molar-refractivity contribution is 6.21. The molecule has 0 N–H and O–H groups in total. The maximum Gasteiger partial charge on any atom is 0.353 e. The Bertz CT molecular complexity index is 778. The monoisotopic (exact) mass is 516 g/mol. The van der Waals surface area contributed by atoms with Gasteiger partial charge in [-0.1, -0.05) is 25.7 Å². The number of alkyl halides is 3. The van der Waals surface area contributed by atoms with Crippen LogP contribution >= 0.6 is 11.6 Å². The minimum absolute atomic E-state index is 0.0300. The van der Waals surface area contributed by atoms with Crippen molar-refractivity contribution in [1.29, 1.82) is 0 Å². The topological polar surface area (TPSA) is 9.23 Å². The molecule has 3 aliphatic rings. The van der Waals surface area contributed by atoms with Crippen molar-refractivity contribution in [2.24, 2.45) is 23.7 Å². The van der Waals surface area contributed by atoms with E-state index in [4.69, 9.17) is 16.3 Å². The second-order valence-electron chi connectivity index (χ2n) is 11.4. The molecule has 1 nitrogen and oxygen atoms in total. The summed E-state index contributed by atoms with van der Waals surface area (Å²) in [6.45, 7) is 2.92. The van der Waals surface area contributed by atoms with Gasteiger partial charge in [-0.05, 0) is 130 Å². The molecule has 0 heterocycles. The Morgan fingerprint density at radius 2 is 1.23 bits per heavy atom. The summed E-state index contributed by atoms with van der Waals surface area (Å²) < 4.78 is 60.8. The SMILES string of the molecule is CCOC1CCC(CCC2CCC(C3CCC(c4cc(F)c(C(F)(F)Cl)c(F)c4)CC3)CC2)CC1. The Morgan fingerprint density at radius 3 is 1.69 bits per heavy atom. The first-order chi connectivity index (χ1) is 16.7. The van der Waals surface area contributed by atoms with Crippen molar-refractivity contribution in [1.82, 2.24) is 0 Å². The molecule has 0 saturated heterocycles. The highest BCUT2D eigenvalue weighted by atomic mass is 35.5. The van der Waals surface area contributed by atoms with Gasteiger partial charge in [-0.15, -0.1) is 0 Å². The van der Waals surface area contributed by atoms with Gasteiger partial charge < -0.3 is 4.74 Å². The van der Waals surface area contributed by atoms with Crippen molar-refractivity contribution in [3.8, 4) is 0 Å². The molecular weight excluding hydrogens is 476 g/mol. The zero-order chi connectivity index (χ0) is 25.0. The van der Waals surface area contributed by atoms with E-state index in [2.05, 4.69) is 6.92 Å². The first-order valence-corrected chi connectivity index (χ1v) is 14.3. The molecule has 1 aromatic carbocycles. The minimum atomic E-state index is -4.04. The highest BCUT2D eigenvalue weighted by Gasteiger charge is 2.37. The van der Waals surface area contributed by atoms with Crippen molar-refractivity contribution < 1.29 is 22.3 Å². The molecule has 35 heavy (non-hydrogen) atoms. The number of hydrogen-bond acceptors (Lipinski definition) is 1. The van der Waals surface area contributed by atoms with Gasteiger partial charge in [0.2, 0.25) is 0 Å². The number of hydrogen-bond donors (Lipinski definition) is 0. The number of rotatable bonds is 8. The average Bonchev–Trinajstić information content (AvgIpc) is 2.83. The summed E-state index contributed by atoms with van der Waals surface area (Å²) in [5.41, 5.74) is -0.853. The van der Waals surface area contributed by atoms with E-state index < -0.39 is 22.6 Å². The van der Waals surface area contributed by atoms with Gasteiger partial charge in [0.25, 0.3) is 0 Å². The standard InChI is InChI=1S/C29H41ClF4O/c1-2-35-25-15-7-20(8-16-25)4-3-19-5-9-21(10-6-19)22-11-13-23(14-12-22)24-17-26(31)28(27(32)18-24)29(30,33)34/h17-23,25H,2-16H2,1H3. The van der Waals surface area contributed by atoms with E-state index in [0.717, 1.165) is 62.2 Å². The molecule has 4 rings (SSSR count). The van der Waals surface area contributed by atoms with Crippen LogP contribution in [0.15, 0.2) is 12.1 Å². The van der Waals surface area contributed by atoms with Crippen molar-refractivity contribution in [3.63, 3.8) is 0 Å². The molecule has 3 fully saturated rings. The summed E-state index contributed by atoms with van der Waals surface area (Å²) in [5, 5.41) is -4.04. The quantitative estimate of drug-likeness (QED) is 0.247. The minimum Gasteiger partial charge on any atom is -0.379 e. The first kappa shape index (κ1) is 27.2. The molecule has 0 aromatic heterocycles. The van der Waals surface area contributed by atoms with Crippen LogP contribution in [0.4, 0.5) is 17.6 Å². The maximum absolute atomic E-state index is 14.2. The summed E-state index contributed by atoms with van der Waals surface area (Å²) >= 11 is 4.88. The predicted octanol–water partition coefficient (Wildman–Crippen LogP) is 9.71. The summed E-state index contributed by atoms with van der Waals surface area (Å²) in [6.07, 6.45) is 17.5. The zero-order valence-electron chi connectivity index (χ0n) is 21.0. The molecule has 1 aromatic rings. The molecule has 0 unspecified atom stereocenters. The molecule has 0 aliphatic heterocycles. The van der Waals surface area contributed by atoms with Crippen LogP contribution in [-0.2, 0) is 10.1 Å². The van der Waals surface area contributed by atoms with Crippen LogP contribution in [0.3, 0.4) is 0 Å². The van der Waals surface area contributed by atoms with E-state index in [1.807, 2.05) is 0 Å². The number of ether oxygens (including phenoxy) is 1. The molecule has 0 spiro atoms. The smallest absolute Gasteiger partial charge is 0.353 e. The molecule has 3 saturated carbocycles. The molecule has 3 aliphatic carbocycles. The van der Waals surface area contributed by atoms with Crippen molar-refractivity contribution in [2.45, 2.75) is 114 Å². The van der Waals surface area contributed by atoms with E-state index in [1.54, 1.807) is 0 Å². The second-order valence-corrected chi connectivity index (χ2v) is 11.9.